The fourth-order valence-corrected chi connectivity index (χ4v) is 12.0. The van der Waals surface area contributed by atoms with Gasteiger partial charge in [-0.05, 0) is 103 Å². The molecule has 66 heavy (non-hydrogen) atoms. The van der Waals surface area contributed by atoms with Crippen LogP contribution in [0, 0.1) is 0 Å². The quantitative estimate of drug-likeness (QED) is 0.169. The number of aromatic nitrogens is 3. The van der Waals surface area contributed by atoms with E-state index in [1.807, 2.05) is 0 Å². The highest BCUT2D eigenvalue weighted by molar-refractivity contribution is 6.11. The van der Waals surface area contributed by atoms with Gasteiger partial charge in [0.1, 0.15) is 0 Å². The molecule has 0 fully saturated rings. The van der Waals surface area contributed by atoms with Crippen molar-refractivity contribution in [2.45, 2.75) is 37.6 Å². The van der Waals surface area contributed by atoms with Gasteiger partial charge in [0.2, 0.25) is 0 Å². The second kappa shape index (κ2) is 14.0. The Kier molecular flexibility index (Phi) is 7.89. The molecule has 4 heteroatoms. The summed E-state index contributed by atoms with van der Waals surface area (Å²) in [4.78, 5) is 2.54. The Bertz CT molecular complexity index is 3830. The first-order valence-corrected chi connectivity index (χ1v) is 23.4. The van der Waals surface area contributed by atoms with Gasteiger partial charge in [0.25, 0.3) is 0 Å². The molecule has 14 rings (SSSR count). The molecular weight excluding hydrogens is 801 g/mol. The molecule has 0 amide bonds. The summed E-state index contributed by atoms with van der Waals surface area (Å²) in [6, 6.07) is 68.0. The third-order valence-electron chi connectivity index (χ3n) is 15.1. The van der Waals surface area contributed by atoms with Gasteiger partial charge >= 0.3 is 0 Å². The van der Waals surface area contributed by atoms with Gasteiger partial charge in [0, 0.05) is 78.0 Å². The average Bonchev–Trinajstić information content (AvgIpc) is 4.07. The average molecular weight is 847 g/mol. The van der Waals surface area contributed by atoms with Gasteiger partial charge in [-0.25, -0.2) is 0 Å². The van der Waals surface area contributed by atoms with Crippen LogP contribution in [-0.4, -0.2) is 19.7 Å². The van der Waals surface area contributed by atoms with Gasteiger partial charge in [-0.15, -0.1) is 0 Å². The minimum atomic E-state index is -0.0934. The molecule has 0 saturated heterocycles. The van der Waals surface area contributed by atoms with Crippen LogP contribution in [0.5, 0.6) is 0 Å². The minimum Gasteiger partial charge on any atom is -0.333 e. The molecule has 8 aromatic carbocycles. The van der Waals surface area contributed by atoms with Crippen molar-refractivity contribution >= 4 is 72.0 Å². The number of nitrogens with zero attached hydrogens (tertiary/aromatic N) is 4. The molecule has 4 nitrogen and oxygen atoms in total. The summed E-state index contributed by atoms with van der Waals surface area (Å²) in [5.74, 6) is 0.394. The van der Waals surface area contributed by atoms with Crippen molar-refractivity contribution in [3.05, 3.63) is 229 Å². The number of para-hydroxylation sites is 4. The Hall–Kier alpha value is -8.08. The van der Waals surface area contributed by atoms with Crippen LogP contribution in [-0.2, 0) is 5.41 Å². The molecule has 4 heterocycles. The van der Waals surface area contributed by atoms with Crippen molar-refractivity contribution in [2.75, 3.05) is 4.90 Å². The summed E-state index contributed by atoms with van der Waals surface area (Å²) >= 11 is 0. The fourth-order valence-electron chi connectivity index (χ4n) is 12.0. The van der Waals surface area contributed by atoms with Crippen molar-refractivity contribution < 1.29 is 0 Å². The third kappa shape index (κ3) is 5.21. The van der Waals surface area contributed by atoms with E-state index in [2.05, 4.69) is 251 Å². The second-order valence-corrected chi connectivity index (χ2v) is 18.8. The normalized spacial score (nSPS) is 18.5. The van der Waals surface area contributed by atoms with Crippen molar-refractivity contribution in [1.29, 1.82) is 0 Å². The van der Waals surface area contributed by atoms with Crippen molar-refractivity contribution in [3.63, 3.8) is 0 Å². The standard InChI is InChI=1S/C62H46N4/c1-40-14-13-18-52-51-36-33-45(64-55-21-8-3-15-47(55)48-16-4-9-22-56(48)64)38-59(51)66(61(40)52)44-31-27-42(28-32-44)41-25-29-43(30-26-41)63-54-20-7-5-17-49(54)50-35-34-46(39-58(50)63)65-57-23-10-6-19-53(57)62(2)37-12-11-24-60(62)65/h3-13,15-40,60H,14H2,1-2H3. The van der Waals surface area contributed by atoms with Crippen LogP contribution < -0.4 is 4.90 Å². The van der Waals surface area contributed by atoms with E-state index in [9.17, 15) is 0 Å². The lowest BCUT2D eigenvalue weighted by Crippen LogP contribution is -2.39. The summed E-state index contributed by atoms with van der Waals surface area (Å²) in [6.07, 6.45) is 14.9. The lowest BCUT2D eigenvalue weighted by Gasteiger charge is -2.34. The van der Waals surface area contributed by atoms with Crippen molar-refractivity contribution in [1.82, 2.24) is 13.7 Å². The molecule has 314 valence electrons. The molecule has 3 atom stereocenters. The summed E-state index contributed by atoms with van der Waals surface area (Å²) in [5.41, 5.74) is 18.5. The van der Waals surface area contributed by atoms with Crippen LogP contribution in [0.2, 0.25) is 0 Å². The van der Waals surface area contributed by atoms with E-state index in [1.165, 1.54) is 105 Å². The zero-order valence-electron chi connectivity index (χ0n) is 36.9. The molecule has 0 saturated carbocycles. The number of benzene rings is 8. The highest BCUT2D eigenvalue weighted by atomic mass is 15.2. The van der Waals surface area contributed by atoms with Gasteiger partial charge in [-0.3, -0.25) is 0 Å². The lowest BCUT2D eigenvalue weighted by molar-refractivity contribution is 0.551. The smallest absolute Gasteiger partial charge is 0.0655 e. The number of hydrogen-bond donors (Lipinski definition) is 0. The van der Waals surface area contributed by atoms with Gasteiger partial charge in [-0.2, -0.15) is 0 Å². The second-order valence-electron chi connectivity index (χ2n) is 18.8. The summed E-state index contributed by atoms with van der Waals surface area (Å²) in [7, 11) is 0. The van der Waals surface area contributed by atoms with E-state index >= 15 is 0 Å². The van der Waals surface area contributed by atoms with Gasteiger partial charge in [-0.1, -0.05) is 153 Å². The Morgan fingerprint density at radius 3 is 1.67 bits per heavy atom. The largest absolute Gasteiger partial charge is 0.333 e. The van der Waals surface area contributed by atoms with Crippen LogP contribution in [0.3, 0.4) is 0 Å². The number of anilines is 2. The molecule has 2 aliphatic carbocycles. The van der Waals surface area contributed by atoms with E-state index in [1.54, 1.807) is 0 Å². The van der Waals surface area contributed by atoms with E-state index in [0.717, 1.165) is 12.1 Å². The van der Waals surface area contributed by atoms with E-state index in [4.69, 9.17) is 0 Å². The molecule has 0 N–H and O–H groups in total. The molecule has 0 radical (unpaired) electrons. The van der Waals surface area contributed by atoms with E-state index < -0.39 is 0 Å². The Morgan fingerprint density at radius 1 is 0.470 bits per heavy atom. The monoisotopic (exact) mass is 846 g/mol. The Labute approximate surface area is 383 Å². The highest BCUT2D eigenvalue weighted by Gasteiger charge is 2.46. The SMILES string of the molecule is CC1CC=Cc2c1n(-c1ccc(-c3ccc(-n4c5ccccc5c5ccc(N6c7ccccc7C7(C)C=CC=CC67)cc54)cc3)cc1)c1cc(-n3c4ccccc4c4ccccc43)ccc21. The van der Waals surface area contributed by atoms with Crippen LogP contribution in [0.25, 0.3) is 88.8 Å². The molecule has 0 bridgehead atoms. The number of rotatable bonds is 5. The van der Waals surface area contributed by atoms with Crippen LogP contribution in [0.1, 0.15) is 43.0 Å². The number of fused-ring (bicyclic) bond motifs is 12. The minimum absolute atomic E-state index is 0.0934. The van der Waals surface area contributed by atoms with Crippen LogP contribution in [0.15, 0.2) is 212 Å². The van der Waals surface area contributed by atoms with E-state index in [0.29, 0.717) is 5.92 Å². The predicted octanol–water partition coefficient (Wildman–Crippen LogP) is 15.9. The van der Waals surface area contributed by atoms with Crippen molar-refractivity contribution in [3.8, 4) is 28.2 Å². The molecular formula is C62H46N4. The molecule has 3 unspecified atom stereocenters. The Balaban J connectivity index is 0.850. The zero-order valence-corrected chi connectivity index (χ0v) is 36.9. The molecule has 3 aliphatic rings. The number of hydrogen-bond acceptors (Lipinski definition) is 1. The molecule has 3 aromatic heterocycles. The van der Waals surface area contributed by atoms with Crippen LogP contribution >= 0.6 is 0 Å². The van der Waals surface area contributed by atoms with Crippen molar-refractivity contribution in [2.24, 2.45) is 0 Å². The summed E-state index contributed by atoms with van der Waals surface area (Å²) in [6.45, 7) is 4.74. The lowest BCUT2D eigenvalue weighted by atomic mass is 9.76. The first-order valence-electron chi connectivity index (χ1n) is 23.4. The summed E-state index contributed by atoms with van der Waals surface area (Å²) in [5, 5.41) is 6.37. The van der Waals surface area contributed by atoms with Crippen LogP contribution in [0.4, 0.5) is 11.4 Å². The maximum atomic E-state index is 2.54. The molecule has 11 aromatic rings. The first kappa shape index (κ1) is 37.3. The maximum Gasteiger partial charge on any atom is 0.0655 e. The number of allylic oxidation sites excluding steroid dienone is 3. The molecule has 1 aliphatic heterocycles. The maximum absolute atomic E-state index is 2.54. The van der Waals surface area contributed by atoms with Gasteiger partial charge < -0.3 is 18.6 Å². The zero-order chi connectivity index (χ0) is 43.7. The Morgan fingerprint density at radius 2 is 0.985 bits per heavy atom. The van der Waals surface area contributed by atoms with Gasteiger partial charge in [0.05, 0.1) is 33.6 Å². The van der Waals surface area contributed by atoms with E-state index in [-0.39, 0.29) is 11.5 Å². The first-order chi connectivity index (χ1) is 32.5. The predicted molar refractivity (Wildman–Crippen MR) is 277 cm³/mol. The third-order valence-corrected chi connectivity index (χ3v) is 15.1. The molecule has 0 spiro atoms. The summed E-state index contributed by atoms with van der Waals surface area (Å²) < 4.78 is 7.41. The highest BCUT2D eigenvalue weighted by Crippen LogP contribution is 2.52. The fraction of sp³-hybridized carbons (Fsp3) is 0.0968. The van der Waals surface area contributed by atoms with Gasteiger partial charge in [0.15, 0.2) is 0 Å². The topological polar surface area (TPSA) is 18.0 Å².